The first-order valence-electron chi connectivity index (χ1n) is 7.25. The van der Waals surface area contributed by atoms with Crippen molar-refractivity contribution >= 4 is 11.9 Å². The summed E-state index contributed by atoms with van der Waals surface area (Å²) in [6, 6.07) is 7.67. The number of amides is 1. The molecule has 1 aromatic carbocycles. The summed E-state index contributed by atoms with van der Waals surface area (Å²) in [4.78, 5) is 27.6. The van der Waals surface area contributed by atoms with E-state index >= 15 is 0 Å². The van der Waals surface area contributed by atoms with Gasteiger partial charge in [-0.3, -0.25) is 14.5 Å². The molecule has 1 fully saturated rings. The maximum atomic E-state index is 12.4. The summed E-state index contributed by atoms with van der Waals surface area (Å²) in [6.07, 6.45) is 0.405. The van der Waals surface area contributed by atoms with Gasteiger partial charge in [-0.2, -0.15) is 0 Å². The van der Waals surface area contributed by atoms with Gasteiger partial charge in [0.15, 0.2) is 0 Å². The van der Waals surface area contributed by atoms with Crippen LogP contribution in [0.1, 0.15) is 22.3 Å². The summed E-state index contributed by atoms with van der Waals surface area (Å²) in [5, 5.41) is 0. The minimum absolute atomic E-state index is 0.0858. The molecule has 1 aromatic rings. The first kappa shape index (κ1) is 15.5. The van der Waals surface area contributed by atoms with Gasteiger partial charge < -0.3 is 9.64 Å². The van der Waals surface area contributed by atoms with Crippen LogP contribution in [-0.2, 0) is 9.53 Å². The molecule has 21 heavy (non-hydrogen) atoms. The van der Waals surface area contributed by atoms with Gasteiger partial charge in [0.2, 0.25) is 0 Å². The second-order valence-corrected chi connectivity index (χ2v) is 5.33. The number of piperazine rings is 1. The fourth-order valence-electron chi connectivity index (χ4n) is 2.40. The number of carbonyl (C=O) groups excluding carboxylic acids is 2. The quantitative estimate of drug-likeness (QED) is 0.785. The smallest absolute Gasteiger partial charge is 0.306 e. The molecule has 0 N–H and O–H groups in total. The van der Waals surface area contributed by atoms with Gasteiger partial charge >= 0.3 is 5.97 Å². The lowest BCUT2D eigenvalue weighted by Gasteiger charge is -2.34. The number of benzene rings is 1. The molecule has 1 amide bonds. The highest BCUT2D eigenvalue weighted by Gasteiger charge is 2.22. The van der Waals surface area contributed by atoms with Gasteiger partial charge in [-0.15, -0.1) is 0 Å². The SMILES string of the molecule is COC(=O)CCN1CCN(C(=O)c2ccc(C)cc2)CC1. The van der Waals surface area contributed by atoms with Crippen molar-refractivity contribution in [3.63, 3.8) is 0 Å². The Morgan fingerprint density at radius 3 is 2.29 bits per heavy atom. The average Bonchev–Trinajstić information content (AvgIpc) is 2.53. The second-order valence-electron chi connectivity index (χ2n) is 5.33. The van der Waals surface area contributed by atoms with E-state index in [-0.39, 0.29) is 11.9 Å². The Bertz CT molecular complexity index is 491. The van der Waals surface area contributed by atoms with Gasteiger partial charge in [0.05, 0.1) is 13.5 Å². The molecule has 1 aliphatic rings. The maximum absolute atomic E-state index is 12.4. The minimum atomic E-state index is -0.187. The van der Waals surface area contributed by atoms with E-state index in [1.807, 2.05) is 36.1 Å². The Morgan fingerprint density at radius 2 is 1.71 bits per heavy atom. The van der Waals surface area contributed by atoms with E-state index in [4.69, 9.17) is 0 Å². The predicted molar refractivity (Wildman–Crippen MR) is 80.2 cm³/mol. The molecule has 1 saturated heterocycles. The number of rotatable bonds is 4. The molecule has 0 atom stereocenters. The molecule has 0 radical (unpaired) electrons. The Labute approximate surface area is 125 Å². The van der Waals surface area contributed by atoms with Crippen molar-refractivity contribution in [2.75, 3.05) is 39.8 Å². The van der Waals surface area contributed by atoms with Gasteiger partial charge in [0, 0.05) is 38.3 Å². The third kappa shape index (κ3) is 4.29. The molecule has 2 rings (SSSR count). The number of aryl methyl sites for hydroxylation is 1. The zero-order valence-electron chi connectivity index (χ0n) is 12.7. The summed E-state index contributed by atoms with van der Waals surface area (Å²) in [5.41, 5.74) is 1.89. The van der Waals surface area contributed by atoms with E-state index in [0.29, 0.717) is 26.1 Å². The fraction of sp³-hybridized carbons (Fsp3) is 0.500. The van der Waals surface area contributed by atoms with E-state index in [1.165, 1.54) is 7.11 Å². The van der Waals surface area contributed by atoms with Crippen LogP contribution in [0.25, 0.3) is 0 Å². The number of hydrogen-bond donors (Lipinski definition) is 0. The number of methoxy groups -OCH3 is 1. The van der Waals surface area contributed by atoms with E-state index in [1.54, 1.807) is 0 Å². The van der Waals surface area contributed by atoms with E-state index in [2.05, 4.69) is 9.64 Å². The molecule has 5 nitrogen and oxygen atoms in total. The van der Waals surface area contributed by atoms with Crippen LogP contribution in [0.4, 0.5) is 0 Å². The molecule has 1 heterocycles. The van der Waals surface area contributed by atoms with Crippen molar-refractivity contribution in [2.45, 2.75) is 13.3 Å². The summed E-state index contributed by atoms with van der Waals surface area (Å²) in [6.45, 7) is 5.71. The topological polar surface area (TPSA) is 49.9 Å². The maximum Gasteiger partial charge on any atom is 0.306 e. The van der Waals surface area contributed by atoms with Crippen LogP contribution in [0.15, 0.2) is 24.3 Å². The monoisotopic (exact) mass is 290 g/mol. The lowest BCUT2D eigenvalue weighted by atomic mass is 10.1. The molecule has 1 aliphatic heterocycles. The molecule has 0 unspecified atom stereocenters. The zero-order chi connectivity index (χ0) is 15.2. The average molecular weight is 290 g/mol. The third-order valence-corrected chi connectivity index (χ3v) is 3.82. The molecule has 0 aromatic heterocycles. The second kappa shape index (κ2) is 7.22. The summed E-state index contributed by atoms with van der Waals surface area (Å²) in [7, 11) is 1.40. The van der Waals surface area contributed by atoms with E-state index in [0.717, 1.165) is 24.2 Å². The Morgan fingerprint density at radius 1 is 1.10 bits per heavy atom. The predicted octanol–water partition coefficient (Wildman–Crippen LogP) is 1.32. The van der Waals surface area contributed by atoms with Crippen LogP contribution >= 0.6 is 0 Å². The van der Waals surface area contributed by atoms with Crippen LogP contribution in [0.3, 0.4) is 0 Å². The molecular weight excluding hydrogens is 268 g/mol. The first-order chi connectivity index (χ1) is 10.1. The van der Waals surface area contributed by atoms with E-state index in [9.17, 15) is 9.59 Å². The highest BCUT2D eigenvalue weighted by molar-refractivity contribution is 5.94. The highest BCUT2D eigenvalue weighted by atomic mass is 16.5. The Balaban J connectivity index is 1.82. The summed E-state index contributed by atoms with van der Waals surface area (Å²) in [5.74, 6) is -0.101. The van der Waals surface area contributed by atoms with Crippen molar-refractivity contribution < 1.29 is 14.3 Å². The van der Waals surface area contributed by atoms with Gasteiger partial charge in [-0.05, 0) is 19.1 Å². The van der Waals surface area contributed by atoms with Gasteiger partial charge in [-0.25, -0.2) is 0 Å². The Kier molecular flexibility index (Phi) is 5.33. The molecular formula is C16H22N2O3. The van der Waals surface area contributed by atoms with Crippen LogP contribution in [0.2, 0.25) is 0 Å². The number of hydrogen-bond acceptors (Lipinski definition) is 4. The van der Waals surface area contributed by atoms with Gasteiger partial charge in [-0.1, -0.05) is 17.7 Å². The standard InChI is InChI=1S/C16H22N2O3/c1-13-3-5-14(6-4-13)16(20)18-11-9-17(10-12-18)8-7-15(19)21-2/h3-6H,7-12H2,1-2H3. The normalized spacial score (nSPS) is 15.8. The summed E-state index contributed by atoms with van der Waals surface area (Å²) >= 11 is 0. The minimum Gasteiger partial charge on any atom is -0.469 e. The van der Waals surface area contributed by atoms with Gasteiger partial charge in [0.25, 0.3) is 5.91 Å². The van der Waals surface area contributed by atoms with Crippen LogP contribution in [0, 0.1) is 6.92 Å². The first-order valence-corrected chi connectivity index (χ1v) is 7.25. The lowest BCUT2D eigenvalue weighted by molar-refractivity contribution is -0.141. The van der Waals surface area contributed by atoms with E-state index < -0.39 is 0 Å². The highest BCUT2D eigenvalue weighted by Crippen LogP contribution is 2.10. The molecule has 0 aliphatic carbocycles. The fourth-order valence-corrected chi connectivity index (χ4v) is 2.40. The molecule has 5 heteroatoms. The van der Waals surface area contributed by atoms with Crippen molar-refractivity contribution in [2.24, 2.45) is 0 Å². The van der Waals surface area contributed by atoms with Crippen LogP contribution in [-0.4, -0.2) is 61.5 Å². The number of ether oxygens (including phenoxy) is 1. The van der Waals surface area contributed by atoms with Gasteiger partial charge in [0.1, 0.15) is 0 Å². The molecule has 0 spiro atoms. The lowest BCUT2D eigenvalue weighted by Crippen LogP contribution is -2.49. The molecule has 0 bridgehead atoms. The molecule has 114 valence electrons. The number of carbonyl (C=O) groups is 2. The Hall–Kier alpha value is -1.88. The van der Waals surface area contributed by atoms with Crippen molar-refractivity contribution in [1.82, 2.24) is 9.80 Å². The number of nitrogens with zero attached hydrogens (tertiary/aromatic N) is 2. The third-order valence-electron chi connectivity index (χ3n) is 3.82. The zero-order valence-corrected chi connectivity index (χ0v) is 12.7. The molecule has 0 saturated carbocycles. The van der Waals surface area contributed by atoms with Crippen molar-refractivity contribution in [3.05, 3.63) is 35.4 Å². The van der Waals surface area contributed by atoms with Crippen molar-refractivity contribution in [3.8, 4) is 0 Å². The van der Waals surface area contributed by atoms with Crippen LogP contribution < -0.4 is 0 Å². The largest absolute Gasteiger partial charge is 0.469 e. The van der Waals surface area contributed by atoms with Crippen LogP contribution in [0.5, 0.6) is 0 Å². The summed E-state index contributed by atoms with van der Waals surface area (Å²) < 4.78 is 4.64. The van der Waals surface area contributed by atoms with Crippen molar-refractivity contribution in [1.29, 1.82) is 0 Å². The number of esters is 1.